The molecule has 0 amide bonds. The first-order valence-electron chi connectivity index (χ1n) is 6.74. The Morgan fingerprint density at radius 1 is 1.42 bits per heavy atom. The van der Waals surface area contributed by atoms with E-state index in [2.05, 4.69) is 61.1 Å². The predicted octanol–water partition coefficient (Wildman–Crippen LogP) is 5.54. The molecule has 0 bridgehead atoms. The van der Waals surface area contributed by atoms with Gasteiger partial charge >= 0.3 is 0 Å². The van der Waals surface area contributed by atoms with E-state index in [4.69, 9.17) is 4.74 Å². The Kier molecular flexibility index (Phi) is 5.20. The van der Waals surface area contributed by atoms with Crippen molar-refractivity contribution in [1.29, 1.82) is 0 Å². The van der Waals surface area contributed by atoms with Gasteiger partial charge in [0.05, 0.1) is 14.9 Å². The average Bonchev–Trinajstić information content (AvgIpc) is 2.36. The van der Waals surface area contributed by atoms with Gasteiger partial charge in [0.25, 0.3) is 0 Å². The molecule has 1 unspecified atom stereocenters. The molecule has 1 aliphatic rings. The Morgan fingerprint density at radius 2 is 2.16 bits per heavy atom. The third kappa shape index (κ3) is 3.87. The van der Waals surface area contributed by atoms with Crippen LogP contribution in [0.5, 0.6) is 0 Å². The van der Waals surface area contributed by atoms with Gasteiger partial charge in [0, 0.05) is 21.7 Å². The van der Waals surface area contributed by atoms with E-state index in [1.54, 1.807) is 0 Å². The minimum absolute atomic E-state index is 0.273. The second-order valence-electron chi connectivity index (χ2n) is 6.00. The molecule has 19 heavy (non-hydrogen) atoms. The first-order valence-corrected chi connectivity index (χ1v) is 11.0. The minimum atomic E-state index is -0.335. The maximum absolute atomic E-state index is 6.28. The lowest BCUT2D eigenvalue weighted by atomic mass is 10.1. The van der Waals surface area contributed by atoms with E-state index in [9.17, 15) is 0 Å². The van der Waals surface area contributed by atoms with Gasteiger partial charge in [-0.05, 0) is 35.2 Å². The first kappa shape index (κ1) is 15.6. The second-order valence-corrected chi connectivity index (χ2v) is 11.4. The average molecular weight is 358 g/mol. The van der Waals surface area contributed by atoms with Crippen molar-refractivity contribution < 1.29 is 4.74 Å². The van der Waals surface area contributed by atoms with Gasteiger partial charge in [-0.2, -0.15) is 0 Å². The summed E-state index contributed by atoms with van der Waals surface area (Å²) in [4.78, 5) is 1.38. The third-order valence-corrected chi connectivity index (χ3v) is 8.42. The largest absolute Gasteiger partial charge is 0.373 e. The number of thioether (sulfide) groups is 1. The minimum Gasteiger partial charge on any atom is -0.373 e. The quantitative estimate of drug-likeness (QED) is 0.654. The van der Waals surface area contributed by atoms with Gasteiger partial charge in [-0.25, -0.2) is 0 Å². The van der Waals surface area contributed by atoms with E-state index in [0.717, 1.165) is 23.3 Å². The van der Waals surface area contributed by atoms with Gasteiger partial charge in [-0.15, -0.1) is 11.8 Å². The molecule has 0 saturated heterocycles. The van der Waals surface area contributed by atoms with Crippen LogP contribution in [0.4, 0.5) is 0 Å². The van der Waals surface area contributed by atoms with Crippen molar-refractivity contribution in [2.75, 3.05) is 12.4 Å². The molecule has 2 rings (SSSR count). The van der Waals surface area contributed by atoms with Crippen LogP contribution < -0.4 is 0 Å². The molecule has 4 heteroatoms. The third-order valence-electron chi connectivity index (χ3n) is 3.96. The van der Waals surface area contributed by atoms with Gasteiger partial charge < -0.3 is 4.74 Å². The van der Waals surface area contributed by atoms with Crippen molar-refractivity contribution in [3.05, 3.63) is 28.2 Å². The maximum Gasteiger partial charge on any atom is 0.0844 e. The van der Waals surface area contributed by atoms with Crippen molar-refractivity contribution in [2.45, 2.75) is 49.4 Å². The number of fused-ring (bicyclic) bond motifs is 1. The topological polar surface area (TPSA) is 9.23 Å². The Hall–Kier alpha value is 0.227. The molecule has 0 spiro atoms. The highest BCUT2D eigenvalue weighted by Gasteiger charge is 2.28. The molecule has 1 heterocycles. The molecule has 105 valence electrons. The summed E-state index contributed by atoms with van der Waals surface area (Å²) in [6, 6.07) is 6.56. The molecule has 0 saturated carbocycles. The second kappa shape index (κ2) is 6.33. The van der Waals surface area contributed by atoms with E-state index in [0.29, 0.717) is 5.04 Å². The van der Waals surface area contributed by atoms with E-state index in [1.165, 1.54) is 10.5 Å². The van der Waals surface area contributed by atoms with Gasteiger partial charge in [0.1, 0.15) is 0 Å². The van der Waals surface area contributed by atoms with E-state index >= 15 is 0 Å². The van der Waals surface area contributed by atoms with Crippen LogP contribution in [-0.2, 0) is 4.74 Å². The Morgan fingerprint density at radius 3 is 2.84 bits per heavy atom. The smallest absolute Gasteiger partial charge is 0.0844 e. The van der Waals surface area contributed by atoms with Crippen LogP contribution in [-0.4, -0.2) is 21.2 Å². The molecule has 1 aliphatic heterocycles. The summed E-state index contributed by atoms with van der Waals surface area (Å²) in [5.41, 5.74) is 1.36. The molecule has 0 fully saturated rings. The highest BCUT2D eigenvalue weighted by atomic mass is 79.9. The molecule has 1 aromatic rings. The number of halogens is 1. The van der Waals surface area contributed by atoms with Crippen LogP contribution in [0, 0.1) is 0 Å². The zero-order valence-corrected chi connectivity index (χ0v) is 15.5. The monoisotopic (exact) mass is 357 g/mol. The lowest BCUT2D eigenvalue weighted by molar-refractivity contribution is 0.0335. The molecule has 1 nitrogen and oxygen atoms in total. The van der Waals surface area contributed by atoms with Crippen molar-refractivity contribution >= 4 is 36.5 Å². The van der Waals surface area contributed by atoms with Crippen LogP contribution in [0.3, 0.4) is 0 Å². The van der Waals surface area contributed by atoms with Crippen LogP contribution in [0.1, 0.15) is 31.9 Å². The van der Waals surface area contributed by atoms with E-state index in [-0.39, 0.29) is 14.9 Å². The normalized spacial score (nSPS) is 19.6. The molecule has 1 radical (unpaired) electrons. The van der Waals surface area contributed by atoms with Crippen LogP contribution >= 0.6 is 27.7 Å². The molecule has 1 aromatic carbocycles. The molecule has 0 N–H and O–H groups in total. The number of rotatable bonds is 4. The number of hydrogen-bond donors (Lipinski definition) is 0. The first-order chi connectivity index (χ1) is 8.90. The molecular weight excluding hydrogens is 336 g/mol. The summed E-state index contributed by atoms with van der Waals surface area (Å²) in [5.74, 6) is 1.16. The van der Waals surface area contributed by atoms with Crippen LogP contribution in [0.15, 0.2) is 27.6 Å². The zero-order valence-electron chi connectivity index (χ0n) is 12.1. The van der Waals surface area contributed by atoms with Crippen molar-refractivity contribution in [2.24, 2.45) is 0 Å². The fraction of sp³-hybridized carbons (Fsp3) is 0.600. The summed E-state index contributed by atoms with van der Waals surface area (Å²) >= 11 is 5.52. The highest BCUT2D eigenvalue weighted by Crippen LogP contribution is 2.41. The van der Waals surface area contributed by atoms with E-state index in [1.807, 2.05) is 11.8 Å². The van der Waals surface area contributed by atoms with E-state index < -0.39 is 0 Å². The van der Waals surface area contributed by atoms with Crippen molar-refractivity contribution in [3.63, 3.8) is 0 Å². The van der Waals surface area contributed by atoms with Gasteiger partial charge in [0.15, 0.2) is 0 Å². The Balaban J connectivity index is 2.09. The summed E-state index contributed by atoms with van der Waals surface area (Å²) in [6.45, 7) is 10.3. The lowest BCUT2D eigenvalue weighted by Gasteiger charge is -2.32. The Labute approximate surface area is 131 Å². The fourth-order valence-electron chi connectivity index (χ4n) is 1.96. The molecule has 1 atom stereocenters. The number of hydrogen-bond acceptors (Lipinski definition) is 2. The molecular formula is C15H22BrOSSi. The number of ether oxygens (including phenoxy) is 1. The summed E-state index contributed by atoms with van der Waals surface area (Å²) in [7, 11) is -0.335. The van der Waals surface area contributed by atoms with Crippen molar-refractivity contribution in [1.82, 2.24) is 0 Å². The van der Waals surface area contributed by atoms with Gasteiger partial charge in [-0.3, -0.25) is 0 Å². The van der Waals surface area contributed by atoms with Gasteiger partial charge in [-0.1, -0.05) is 42.9 Å². The van der Waals surface area contributed by atoms with Crippen molar-refractivity contribution in [3.8, 4) is 0 Å². The van der Waals surface area contributed by atoms with Crippen LogP contribution in [0.2, 0.25) is 18.1 Å². The fourth-order valence-corrected chi connectivity index (χ4v) is 3.78. The molecule has 0 aromatic heterocycles. The summed E-state index contributed by atoms with van der Waals surface area (Å²) in [5, 5.41) is 0.335. The lowest BCUT2D eigenvalue weighted by Crippen LogP contribution is -2.27. The van der Waals surface area contributed by atoms with Crippen LogP contribution in [0.25, 0.3) is 0 Å². The SMILES string of the molecule is C[Si](C)C(C)(C)COC1CCSc2ccc(Br)cc21. The zero-order chi connectivity index (χ0) is 14.0. The highest BCUT2D eigenvalue weighted by molar-refractivity contribution is 9.10. The molecule has 0 aliphatic carbocycles. The van der Waals surface area contributed by atoms with Gasteiger partial charge in [0.2, 0.25) is 0 Å². The Bertz CT molecular complexity index is 448. The summed E-state index contributed by atoms with van der Waals surface area (Å²) in [6.07, 6.45) is 1.40. The standard InChI is InChI=1S/C15H22BrOSSi/c1-15(2,19(3)4)10-17-13-7-8-18-14-6-5-11(16)9-12(13)14/h5-6,9,13H,7-8,10H2,1-4H3. The maximum atomic E-state index is 6.28. The summed E-state index contributed by atoms with van der Waals surface area (Å²) < 4.78 is 7.43. The number of benzene rings is 1. The predicted molar refractivity (Wildman–Crippen MR) is 89.7 cm³/mol.